The van der Waals surface area contributed by atoms with Gasteiger partial charge >= 0.3 is 5.97 Å². The van der Waals surface area contributed by atoms with Gasteiger partial charge < -0.3 is 19.7 Å². The monoisotopic (exact) mass is 298 g/mol. The number of carboxylic acids is 1. The number of halogens is 1. The van der Waals surface area contributed by atoms with E-state index in [1.54, 1.807) is 0 Å². The molecule has 2 aliphatic rings. The second-order valence-electron chi connectivity index (χ2n) is 5.19. The lowest BCUT2D eigenvalue weighted by molar-refractivity contribution is -0.137. The van der Waals surface area contributed by atoms with Gasteiger partial charge in [0, 0.05) is 17.5 Å². The van der Waals surface area contributed by atoms with Crippen LogP contribution in [0.4, 0.5) is 0 Å². The van der Waals surface area contributed by atoms with Crippen molar-refractivity contribution in [1.82, 2.24) is 0 Å². The van der Waals surface area contributed by atoms with Crippen molar-refractivity contribution in [3.63, 3.8) is 0 Å². The van der Waals surface area contributed by atoms with E-state index in [1.165, 1.54) is 6.07 Å². The van der Waals surface area contributed by atoms with Crippen LogP contribution < -0.4 is 9.47 Å². The molecule has 1 aromatic rings. The Kier molecular flexibility index (Phi) is 3.38. The highest BCUT2D eigenvalue weighted by Crippen LogP contribution is 2.54. The van der Waals surface area contributed by atoms with Gasteiger partial charge in [-0.2, -0.15) is 0 Å². The number of aromatic hydroxyl groups is 1. The third-order valence-corrected chi connectivity index (χ3v) is 4.14. The smallest absolute Gasteiger partial charge is 0.303 e. The van der Waals surface area contributed by atoms with Crippen LogP contribution in [0, 0.1) is 5.92 Å². The fraction of sp³-hybridized carbons (Fsp3) is 0.500. The number of aliphatic carboxylic acids is 1. The van der Waals surface area contributed by atoms with Crippen LogP contribution in [0.1, 0.15) is 30.7 Å². The largest absolute Gasteiger partial charge is 0.506 e. The number of fused-ring (bicyclic) bond motifs is 1. The maximum absolute atomic E-state index is 11.1. The summed E-state index contributed by atoms with van der Waals surface area (Å²) in [6, 6.07) is 1.42. The van der Waals surface area contributed by atoms with Crippen molar-refractivity contribution in [1.29, 1.82) is 0 Å². The summed E-state index contributed by atoms with van der Waals surface area (Å²) in [5.74, 6) is -0.0299. The topological polar surface area (TPSA) is 76.0 Å². The Labute approximate surface area is 121 Å². The third-order valence-electron chi connectivity index (χ3n) is 3.74. The van der Waals surface area contributed by atoms with Gasteiger partial charge in [-0.3, -0.25) is 4.79 Å². The zero-order valence-corrected chi connectivity index (χ0v) is 11.5. The van der Waals surface area contributed by atoms with Crippen molar-refractivity contribution in [3.8, 4) is 17.2 Å². The number of benzene rings is 1. The minimum absolute atomic E-state index is 0.0242. The van der Waals surface area contributed by atoms with Crippen LogP contribution in [0.3, 0.4) is 0 Å². The summed E-state index contributed by atoms with van der Waals surface area (Å²) in [6.07, 6.45) is 1.92. The zero-order chi connectivity index (χ0) is 14.3. The number of phenols is 1. The number of hydrogen-bond acceptors (Lipinski definition) is 4. The molecule has 0 spiro atoms. The third kappa shape index (κ3) is 2.38. The molecule has 6 heteroatoms. The minimum Gasteiger partial charge on any atom is -0.506 e. The summed E-state index contributed by atoms with van der Waals surface area (Å²) in [5, 5.41) is 19.2. The second kappa shape index (κ2) is 5.05. The van der Waals surface area contributed by atoms with Gasteiger partial charge in [0.1, 0.15) is 19.0 Å². The number of ether oxygens (including phenoxy) is 2. The number of rotatable bonds is 4. The minimum atomic E-state index is -0.883. The molecule has 0 saturated heterocycles. The Morgan fingerprint density at radius 2 is 2.10 bits per heavy atom. The van der Waals surface area contributed by atoms with Crippen LogP contribution in [0.25, 0.3) is 0 Å². The summed E-state index contributed by atoms with van der Waals surface area (Å²) in [7, 11) is 0. The van der Waals surface area contributed by atoms with Gasteiger partial charge in [-0.15, -0.1) is 0 Å². The molecule has 1 aliphatic heterocycles. The van der Waals surface area contributed by atoms with E-state index in [4.69, 9.17) is 26.2 Å². The first-order valence-electron chi connectivity index (χ1n) is 6.60. The predicted molar refractivity (Wildman–Crippen MR) is 71.8 cm³/mol. The van der Waals surface area contributed by atoms with Crippen molar-refractivity contribution < 1.29 is 24.5 Å². The molecule has 0 aromatic heterocycles. The quantitative estimate of drug-likeness (QED) is 0.894. The van der Waals surface area contributed by atoms with Crippen molar-refractivity contribution in [2.75, 3.05) is 13.2 Å². The average molecular weight is 299 g/mol. The molecule has 20 heavy (non-hydrogen) atoms. The van der Waals surface area contributed by atoms with Gasteiger partial charge in [0.2, 0.25) is 0 Å². The van der Waals surface area contributed by atoms with Gasteiger partial charge in [-0.1, -0.05) is 11.6 Å². The molecule has 1 aliphatic carbocycles. The molecule has 0 radical (unpaired) electrons. The molecule has 3 rings (SSSR count). The highest BCUT2D eigenvalue weighted by Gasteiger charge is 2.38. The molecule has 1 heterocycles. The zero-order valence-electron chi connectivity index (χ0n) is 10.8. The molecule has 1 unspecified atom stereocenters. The van der Waals surface area contributed by atoms with E-state index in [0.29, 0.717) is 30.3 Å². The Morgan fingerprint density at radius 1 is 1.40 bits per heavy atom. The average Bonchev–Trinajstić information content (AvgIpc) is 3.22. The number of hydrogen-bond donors (Lipinski definition) is 2. The molecule has 1 saturated carbocycles. The molecule has 1 fully saturated rings. The molecule has 0 amide bonds. The lowest BCUT2D eigenvalue weighted by Gasteiger charge is -2.26. The molecule has 2 N–H and O–H groups in total. The van der Waals surface area contributed by atoms with Crippen LogP contribution in [0.5, 0.6) is 17.2 Å². The second-order valence-corrected chi connectivity index (χ2v) is 5.57. The first-order chi connectivity index (χ1) is 9.58. The summed E-state index contributed by atoms with van der Waals surface area (Å²) < 4.78 is 11.1. The van der Waals surface area contributed by atoms with E-state index in [1.807, 2.05) is 0 Å². The number of carboxylic acid groups (broad SMARTS) is 1. The van der Waals surface area contributed by atoms with E-state index >= 15 is 0 Å². The fourth-order valence-corrected chi connectivity index (χ4v) is 2.98. The summed E-state index contributed by atoms with van der Waals surface area (Å²) in [6.45, 7) is 0.798. The summed E-state index contributed by atoms with van der Waals surface area (Å²) in [4.78, 5) is 11.1. The Morgan fingerprint density at radius 3 is 2.75 bits per heavy atom. The highest BCUT2D eigenvalue weighted by molar-refractivity contribution is 6.33. The van der Waals surface area contributed by atoms with Crippen molar-refractivity contribution in [3.05, 3.63) is 16.7 Å². The maximum Gasteiger partial charge on any atom is 0.303 e. The fourth-order valence-electron chi connectivity index (χ4n) is 2.70. The SMILES string of the molecule is O=C(O)CC(c1c(Cl)c(O)cc2c1OCCO2)C1CC1. The van der Waals surface area contributed by atoms with Gasteiger partial charge in [0.25, 0.3) is 0 Å². The van der Waals surface area contributed by atoms with Crippen molar-refractivity contribution >= 4 is 17.6 Å². The Hall–Kier alpha value is -1.62. The lowest BCUT2D eigenvalue weighted by Crippen LogP contribution is -2.19. The van der Waals surface area contributed by atoms with Crippen LogP contribution in [-0.4, -0.2) is 29.4 Å². The molecule has 0 bridgehead atoms. The van der Waals surface area contributed by atoms with E-state index in [9.17, 15) is 9.90 Å². The molecule has 5 nitrogen and oxygen atoms in total. The van der Waals surface area contributed by atoms with Crippen molar-refractivity contribution in [2.45, 2.75) is 25.2 Å². The van der Waals surface area contributed by atoms with Crippen LogP contribution >= 0.6 is 11.6 Å². The van der Waals surface area contributed by atoms with Crippen LogP contribution in [0.15, 0.2) is 6.07 Å². The van der Waals surface area contributed by atoms with E-state index < -0.39 is 5.97 Å². The van der Waals surface area contributed by atoms with E-state index in [-0.39, 0.29) is 29.0 Å². The van der Waals surface area contributed by atoms with Gasteiger partial charge in [-0.25, -0.2) is 0 Å². The predicted octanol–water partition coefficient (Wildman–Crippen LogP) is 2.79. The Bertz CT molecular complexity index is 553. The maximum atomic E-state index is 11.1. The van der Waals surface area contributed by atoms with Crippen LogP contribution in [-0.2, 0) is 4.79 Å². The van der Waals surface area contributed by atoms with Crippen molar-refractivity contribution in [2.24, 2.45) is 5.92 Å². The normalized spacial score (nSPS) is 18.6. The molecular weight excluding hydrogens is 284 g/mol. The summed E-state index contributed by atoms with van der Waals surface area (Å²) >= 11 is 6.20. The van der Waals surface area contributed by atoms with Gasteiger partial charge in [0.05, 0.1) is 11.4 Å². The van der Waals surface area contributed by atoms with Crippen LogP contribution in [0.2, 0.25) is 5.02 Å². The number of phenolic OH excluding ortho intramolecular Hbond substituents is 1. The highest BCUT2D eigenvalue weighted by atomic mass is 35.5. The Balaban J connectivity index is 2.09. The standard InChI is InChI=1S/C14H15ClO5/c15-13-9(16)6-10-14(20-4-3-19-10)12(13)8(5-11(17)18)7-1-2-7/h6-8,16H,1-5H2,(H,17,18). The first kappa shape index (κ1) is 13.4. The molecular formula is C14H15ClO5. The molecule has 1 atom stereocenters. The molecule has 1 aromatic carbocycles. The van der Waals surface area contributed by atoms with E-state index in [2.05, 4.69) is 0 Å². The lowest BCUT2D eigenvalue weighted by atomic mass is 9.89. The summed E-state index contributed by atoms with van der Waals surface area (Å²) in [5.41, 5.74) is 0.575. The van der Waals surface area contributed by atoms with Gasteiger partial charge in [0.15, 0.2) is 11.5 Å². The molecule has 108 valence electrons. The first-order valence-corrected chi connectivity index (χ1v) is 6.98. The van der Waals surface area contributed by atoms with E-state index in [0.717, 1.165) is 12.8 Å². The number of carbonyl (C=O) groups is 1. The van der Waals surface area contributed by atoms with Gasteiger partial charge in [-0.05, 0) is 18.8 Å².